The summed E-state index contributed by atoms with van der Waals surface area (Å²) in [4.78, 5) is 11.5. The molecule has 0 radical (unpaired) electrons. The lowest BCUT2D eigenvalue weighted by atomic mass is 9.98. The monoisotopic (exact) mass is 206 g/mol. The fourth-order valence-electron chi connectivity index (χ4n) is 2.01. The van der Waals surface area contributed by atoms with Crippen molar-refractivity contribution in [3.8, 4) is 0 Å². The van der Waals surface area contributed by atoms with Gasteiger partial charge in [0.25, 0.3) is 0 Å². The van der Waals surface area contributed by atoms with Gasteiger partial charge >= 0.3 is 0 Å². The van der Waals surface area contributed by atoms with E-state index in [-0.39, 0.29) is 11.2 Å². The van der Waals surface area contributed by atoms with Crippen LogP contribution in [0.5, 0.6) is 0 Å². The Balaban J connectivity index is 2.17. The van der Waals surface area contributed by atoms with Gasteiger partial charge in [0.15, 0.2) is 0 Å². The van der Waals surface area contributed by atoms with E-state index >= 15 is 0 Å². The fourth-order valence-corrected chi connectivity index (χ4v) is 2.01. The number of hydrogen-bond donors (Lipinski definition) is 0. The first-order chi connectivity index (χ1) is 7.04. The Hall–Kier alpha value is -1.12. The molecular formula is C12H18N2O. The van der Waals surface area contributed by atoms with Crippen molar-refractivity contribution >= 4 is 5.78 Å². The molecule has 0 saturated heterocycles. The van der Waals surface area contributed by atoms with E-state index in [4.69, 9.17) is 0 Å². The zero-order valence-electron chi connectivity index (χ0n) is 9.66. The van der Waals surface area contributed by atoms with Crippen molar-refractivity contribution in [1.82, 2.24) is 9.78 Å². The zero-order chi connectivity index (χ0) is 11.1. The number of rotatable bonds is 4. The van der Waals surface area contributed by atoms with Crippen molar-refractivity contribution in [3.05, 3.63) is 18.0 Å². The first kappa shape index (κ1) is 10.4. The highest BCUT2D eigenvalue weighted by molar-refractivity contribution is 5.90. The summed E-state index contributed by atoms with van der Waals surface area (Å²) >= 11 is 0. The van der Waals surface area contributed by atoms with Gasteiger partial charge in [0.2, 0.25) is 0 Å². The van der Waals surface area contributed by atoms with Crippen LogP contribution in [0.2, 0.25) is 0 Å². The minimum absolute atomic E-state index is 0.220. The lowest BCUT2D eigenvalue weighted by Gasteiger charge is -2.08. The van der Waals surface area contributed by atoms with Gasteiger partial charge in [-0.3, -0.25) is 9.48 Å². The first-order valence-electron chi connectivity index (χ1n) is 5.59. The average molecular weight is 206 g/mol. The number of ketones is 1. The van der Waals surface area contributed by atoms with Gasteiger partial charge in [0.1, 0.15) is 5.78 Å². The van der Waals surface area contributed by atoms with Crippen LogP contribution in [0.15, 0.2) is 12.3 Å². The summed E-state index contributed by atoms with van der Waals surface area (Å²) in [7, 11) is 0. The van der Waals surface area contributed by atoms with E-state index in [1.165, 1.54) is 0 Å². The second kappa shape index (κ2) is 3.47. The van der Waals surface area contributed by atoms with Crippen molar-refractivity contribution in [3.63, 3.8) is 0 Å². The Morgan fingerprint density at radius 1 is 1.60 bits per heavy atom. The van der Waals surface area contributed by atoms with E-state index < -0.39 is 0 Å². The summed E-state index contributed by atoms with van der Waals surface area (Å²) in [5.41, 5.74) is 0.748. The van der Waals surface area contributed by atoms with Crippen molar-refractivity contribution in [2.45, 2.75) is 45.6 Å². The molecule has 0 spiro atoms. The third-order valence-electron chi connectivity index (χ3n) is 3.11. The lowest BCUT2D eigenvalue weighted by molar-refractivity contribution is -0.119. The van der Waals surface area contributed by atoms with E-state index in [9.17, 15) is 4.79 Å². The molecule has 1 saturated carbocycles. The molecule has 1 heterocycles. The largest absolute Gasteiger partial charge is 0.299 e. The van der Waals surface area contributed by atoms with Crippen LogP contribution in [-0.4, -0.2) is 15.6 Å². The van der Waals surface area contributed by atoms with Gasteiger partial charge in [-0.15, -0.1) is 0 Å². The molecule has 2 rings (SSSR count). The number of nitrogens with zero attached hydrogens (tertiary/aromatic N) is 2. The second-order valence-electron chi connectivity index (χ2n) is 4.96. The maximum atomic E-state index is 11.5. The maximum Gasteiger partial charge on any atom is 0.141 e. The number of Topliss-reactive ketones (excluding diaryl/α,β-unsaturated/α-hetero) is 1. The van der Waals surface area contributed by atoms with Crippen molar-refractivity contribution in [1.29, 1.82) is 0 Å². The Morgan fingerprint density at radius 3 is 2.73 bits per heavy atom. The molecule has 1 aromatic heterocycles. The third kappa shape index (κ3) is 1.83. The first-order valence-corrected chi connectivity index (χ1v) is 5.59. The molecule has 0 unspecified atom stereocenters. The highest BCUT2D eigenvalue weighted by Crippen LogP contribution is 2.48. The van der Waals surface area contributed by atoms with E-state index in [1.54, 1.807) is 6.92 Å². The summed E-state index contributed by atoms with van der Waals surface area (Å²) in [6.07, 6.45) is 3.93. The standard InChI is InChI=1S/C12H18N2O/c1-9(2)8-14-7-4-11(13-14)12(5-6-12)10(3)15/h4,7,9H,5-6,8H2,1-3H3. The van der Waals surface area contributed by atoms with Crippen LogP contribution in [0.25, 0.3) is 0 Å². The Bertz CT molecular complexity index is 375. The topological polar surface area (TPSA) is 34.9 Å². The van der Waals surface area contributed by atoms with E-state index in [0.29, 0.717) is 5.92 Å². The molecule has 0 bridgehead atoms. The van der Waals surface area contributed by atoms with Crippen LogP contribution in [-0.2, 0) is 16.8 Å². The number of carbonyl (C=O) groups is 1. The van der Waals surface area contributed by atoms with Gasteiger partial charge in [-0.1, -0.05) is 13.8 Å². The molecule has 0 aliphatic heterocycles. The van der Waals surface area contributed by atoms with Crippen LogP contribution in [0, 0.1) is 5.92 Å². The smallest absolute Gasteiger partial charge is 0.141 e. The molecule has 1 aromatic rings. The minimum atomic E-state index is -0.220. The molecule has 0 aromatic carbocycles. The molecule has 0 atom stereocenters. The number of carbonyl (C=O) groups excluding carboxylic acids is 1. The third-order valence-corrected chi connectivity index (χ3v) is 3.11. The predicted molar refractivity (Wildman–Crippen MR) is 58.7 cm³/mol. The number of hydrogen-bond acceptors (Lipinski definition) is 2. The molecule has 3 heteroatoms. The summed E-state index contributed by atoms with van der Waals surface area (Å²) in [5.74, 6) is 0.850. The van der Waals surface area contributed by atoms with Crippen LogP contribution in [0.4, 0.5) is 0 Å². The zero-order valence-corrected chi connectivity index (χ0v) is 9.66. The van der Waals surface area contributed by atoms with Crippen molar-refractivity contribution in [2.75, 3.05) is 0 Å². The predicted octanol–water partition coefficient (Wildman–Crippen LogP) is 2.16. The molecule has 3 nitrogen and oxygen atoms in total. The van der Waals surface area contributed by atoms with Crippen LogP contribution >= 0.6 is 0 Å². The Kier molecular flexibility index (Phi) is 2.41. The molecule has 1 fully saturated rings. The molecular weight excluding hydrogens is 188 g/mol. The minimum Gasteiger partial charge on any atom is -0.299 e. The quantitative estimate of drug-likeness (QED) is 0.756. The van der Waals surface area contributed by atoms with Crippen molar-refractivity contribution in [2.24, 2.45) is 5.92 Å². The van der Waals surface area contributed by atoms with Crippen molar-refractivity contribution < 1.29 is 4.79 Å². The molecule has 1 aliphatic rings. The second-order valence-corrected chi connectivity index (χ2v) is 4.96. The lowest BCUT2D eigenvalue weighted by Crippen LogP contribution is -2.18. The van der Waals surface area contributed by atoms with Gasteiger partial charge in [-0.25, -0.2) is 0 Å². The molecule has 15 heavy (non-hydrogen) atoms. The fraction of sp³-hybridized carbons (Fsp3) is 0.667. The molecule has 0 amide bonds. The Morgan fingerprint density at radius 2 is 2.27 bits per heavy atom. The van der Waals surface area contributed by atoms with Gasteiger partial charge in [-0.05, 0) is 31.7 Å². The molecule has 1 aliphatic carbocycles. The normalized spacial score (nSPS) is 18.1. The molecule has 82 valence electrons. The van der Waals surface area contributed by atoms with Crippen LogP contribution in [0.3, 0.4) is 0 Å². The van der Waals surface area contributed by atoms with Gasteiger partial charge < -0.3 is 0 Å². The van der Waals surface area contributed by atoms with Crippen LogP contribution in [0.1, 0.15) is 39.3 Å². The Labute approximate surface area is 90.5 Å². The number of aromatic nitrogens is 2. The summed E-state index contributed by atoms with van der Waals surface area (Å²) in [5, 5.41) is 4.50. The highest BCUT2D eigenvalue weighted by atomic mass is 16.1. The molecule has 0 N–H and O–H groups in total. The average Bonchev–Trinajstić information content (AvgIpc) is 2.83. The summed E-state index contributed by atoms with van der Waals surface area (Å²) in [6.45, 7) is 6.93. The van der Waals surface area contributed by atoms with Gasteiger partial charge in [-0.2, -0.15) is 5.10 Å². The van der Waals surface area contributed by atoms with Gasteiger partial charge in [0.05, 0.1) is 11.1 Å². The van der Waals surface area contributed by atoms with Crippen LogP contribution < -0.4 is 0 Å². The van der Waals surface area contributed by atoms with E-state index in [0.717, 1.165) is 25.1 Å². The van der Waals surface area contributed by atoms with E-state index in [2.05, 4.69) is 18.9 Å². The van der Waals surface area contributed by atoms with E-state index in [1.807, 2.05) is 16.9 Å². The maximum absolute atomic E-state index is 11.5. The van der Waals surface area contributed by atoms with Gasteiger partial charge in [0, 0.05) is 12.7 Å². The highest BCUT2D eigenvalue weighted by Gasteiger charge is 2.50. The summed E-state index contributed by atoms with van der Waals surface area (Å²) < 4.78 is 1.95. The SMILES string of the molecule is CC(=O)C1(c2ccn(CC(C)C)n2)CC1. The summed E-state index contributed by atoms with van der Waals surface area (Å²) in [6, 6.07) is 2.00.